The Morgan fingerprint density at radius 3 is 2.06 bits per heavy atom. The van der Waals surface area contributed by atoms with Crippen LogP contribution in [0.2, 0.25) is 0 Å². The van der Waals surface area contributed by atoms with Gasteiger partial charge >= 0.3 is 0 Å². The first-order chi connectivity index (χ1) is 7.18. The molecule has 0 aromatic heterocycles. The molecule has 0 aliphatic carbocycles. The van der Waals surface area contributed by atoms with Crippen molar-refractivity contribution < 1.29 is 10.2 Å². The number of phenols is 1. The number of benzene rings is 1. The number of hydrogen-bond donors (Lipinski definition) is 2. The molecule has 2 nitrogen and oxygen atoms in total. The topological polar surface area (TPSA) is 40.5 Å². The fourth-order valence-electron chi connectivity index (χ4n) is 1.63. The minimum absolute atomic E-state index is 0.0220. The first-order valence-corrected chi connectivity index (χ1v) is 5.63. The maximum Gasteiger partial charge on any atom is 0.119 e. The van der Waals surface area contributed by atoms with Crippen LogP contribution in [0.5, 0.6) is 5.75 Å². The molecule has 0 atom stereocenters. The van der Waals surface area contributed by atoms with Crippen molar-refractivity contribution in [1.29, 1.82) is 0 Å². The second-order valence-electron chi connectivity index (χ2n) is 6.02. The SMILES string of the molecule is CC(C)(C)c1ccc(O)c(C(C)(C)CO)c1. The lowest BCUT2D eigenvalue weighted by atomic mass is 9.79. The van der Waals surface area contributed by atoms with Crippen LogP contribution < -0.4 is 0 Å². The van der Waals surface area contributed by atoms with Gasteiger partial charge in [-0.25, -0.2) is 0 Å². The van der Waals surface area contributed by atoms with Gasteiger partial charge < -0.3 is 10.2 Å². The monoisotopic (exact) mass is 222 g/mol. The maximum atomic E-state index is 9.86. The third-order valence-electron chi connectivity index (χ3n) is 2.99. The molecule has 0 unspecified atom stereocenters. The molecule has 1 aromatic carbocycles. The summed E-state index contributed by atoms with van der Waals surface area (Å²) < 4.78 is 0. The van der Waals surface area contributed by atoms with Gasteiger partial charge in [-0.1, -0.05) is 46.8 Å². The minimum atomic E-state index is -0.411. The Kier molecular flexibility index (Phi) is 3.34. The number of aromatic hydroxyl groups is 1. The molecule has 0 aliphatic heterocycles. The van der Waals surface area contributed by atoms with E-state index >= 15 is 0 Å². The molecule has 90 valence electrons. The second-order valence-corrected chi connectivity index (χ2v) is 6.02. The Morgan fingerprint density at radius 1 is 1.06 bits per heavy atom. The summed E-state index contributed by atoms with van der Waals surface area (Å²) in [5, 5.41) is 19.2. The molecule has 2 heteroatoms. The highest BCUT2D eigenvalue weighted by Gasteiger charge is 2.25. The Labute approximate surface area is 97.9 Å². The molecule has 1 rings (SSSR count). The molecule has 0 fully saturated rings. The number of hydrogen-bond acceptors (Lipinski definition) is 2. The molecule has 0 radical (unpaired) electrons. The van der Waals surface area contributed by atoms with Crippen LogP contribution in [0.1, 0.15) is 45.7 Å². The highest BCUT2D eigenvalue weighted by molar-refractivity contribution is 5.42. The first-order valence-electron chi connectivity index (χ1n) is 5.63. The van der Waals surface area contributed by atoms with E-state index in [1.165, 1.54) is 5.56 Å². The van der Waals surface area contributed by atoms with Gasteiger partial charge in [0.15, 0.2) is 0 Å². The summed E-state index contributed by atoms with van der Waals surface area (Å²) in [5.41, 5.74) is 1.61. The van der Waals surface area contributed by atoms with Crippen molar-refractivity contribution in [2.45, 2.75) is 45.4 Å². The number of rotatable bonds is 2. The summed E-state index contributed by atoms with van der Waals surface area (Å²) in [6.45, 7) is 10.3. The fourth-order valence-corrected chi connectivity index (χ4v) is 1.63. The van der Waals surface area contributed by atoms with Crippen molar-refractivity contribution >= 4 is 0 Å². The molecule has 16 heavy (non-hydrogen) atoms. The lowest BCUT2D eigenvalue weighted by Crippen LogP contribution is -2.23. The van der Waals surface area contributed by atoms with Crippen molar-refractivity contribution in [1.82, 2.24) is 0 Å². The highest BCUT2D eigenvalue weighted by Crippen LogP contribution is 2.34. The minimum Gasteiger partial charge on any atom is -0.508 e. The van der Waals surface area contributed by atoms with E-state index in [1.807, 2.05) is 26.0 Å². The van der Waals surface area contributed by atoms with E-state index in [4.69, 9.17) is 0 Å². The smallest absolute Gasteiger partial charge is 0.119 e. The lowest BCUT2D eigenvalue weighted by Gasteiger charge is -2.27. The largest absolute Gasteiger partial charge is 0.508 e. The van der Waals surface area contributed by atoms with Crippen molar-refractivity contribution in [3.05, 3.63) is 29.3 Å². The van der Waals surface area contributed by atoms with E-state index in [0.717, 1.165) is 5.56 Å². The molecular weight excluding hydrogens is 200 g/mol. The van der Waals surface area contributed by atoms with Crippen molar-refractivity contribution in [3.8, 4) is 5.75 Å². The van der Waals surface area contributed by atoms with Gasteiger partial charge in [-0.2, -0.15) is 0 Å². The maximum absolute atomic E-state index is 9.86. The summed E-state index contributed by atoms with van der Waals surface area (Å²) in [6.07, 6.45) is 0. The van der Waals surface area contributed by atoms with Crippen LogP contribution in [-0.2, 0) is 10.8 Å². The summed E-state index contributed by atoms with van der Waals surface area (Å²) in [6, 6.07) is 5.64. The van der Waals surface area contributed by atoms with Crippen LogP contribution in [0.3, 0.4) is 0 Å². The van der Waals surface area contributed by atoms with Gasteiger partial charge in [0.1, 0.15) is 5.75 Å². The van der Waals surface area contributed by atoms with E-state index in [2.05, 4.69) is 20.8 Å². The zero-order chi connectivity index (χ0) is 12.6. The summed E-state index contributed by atoms with van der Waals surface area (Å²) in [7, 11) is 0. The van der Waals surface area contributed by atoms with E-state index in [-0.39, 0.29) is 17.8 Å². The number of aliphatic hydroxyl groups is 1. The van der Waals surface area contributed by atoms with Crippen molar-refractivity contribution in [2.75, 3.05) is 6.61 Å². The van der Waals surface area contributed by atoms with Gasteiger partial charge in [-0.15, -0.1) is 0 Å². The molecule has 0 aliphatic rings. The normalized spacial score (nSPS) is 12.9. The lowest BCUT2D eigenvalue weighted by molar-refractivity contribution is 0.215. The van der Waals surface area contributed by atoms with E-state index < -0.39 is 5.41 Å². The fraction of sp³-hybridized carbons (Fsp3) is 0.571. The molecule has 0 spiro atoms. The summed E-state index contributed by atoms with van der Waals surface area (Å²) in [4.78, 5) is 0. The van der Waals surface area contributed by atoms with Gasteiger partial charge in [-0.05, 0) is 17.0 Å². The van der Waals surface area contributed by atoms with Gasteiger partial charge in [0.2, 0.25) is 0 Å². The van der Waals surface area contributed by atoms with Crippen LogP contribution in [0, 0.1) is 0 Å². The van der Waals surface area contributed by atoms with Gasteiger partial charge in [0.05, 0.1) is 6.61 Å². The standard InChI is InChI=1S/C14H22O2/c1-13(2,3)10-6-7-12(16)11(8-10)14(4,5)9-15/h6-8,15-16H,9H2,1-5H3. The zero-order valence-electron chi connectivity index (χ0n) is 10.8. The Morgan fingerprint density at radius 2 is 1.62 bits per heavy atom. The van der Waals surface area contributed by atoms with Crippen molar-refractivity contribution in [3.63, 3.8) is 0 Å². The van der Waals surface area contributed by atoms with Crippen LogP contribution in [0.25, 0.3) is 0 Å². The van der Waals surface area contributed by atoms with E-state index in [1.54, 1.807) is 6.07 Å². The summed E-state index contributed by atoms with van der Waals surface area (Å²) in [5.74, 6) is 0.257. The van der Waals surface area contributed by atoms with Crippen LogP contribution in [0.15, 0.2) is 18.2 Å². The predicted molar refractivity (Wildman–Crippen MR) is 66.9 cm³/mol. The molecular formula is C14H22O2. The third kappa shape index (κ3) is 2.56. The van der Waals surface area contributed by atoms with Gasteiger partial charge in [0.25, 0.3) is 0 Å². The summed E-state index contributed by atoms with van der Waals surface area (Å²) >= 11 is 0. The molecule has 0 amide bonds. The quantitative estimate of drug-likeness (QED) is 0.807. The second kappa shape index (κ2) is 4.10. The molecule has 0 bridgehead atoms. The van der Waals surface area contributed by atoms with E-state index in [9.17, 15) is 10.2 Å². The van der Waals surface area contributed by atoms with Crippen LogP contribution >= 0.6 is 0 Å². The number of phenolic OH excluding ortho intramolecular Hbond substituents is 1. The Bertz CT molecular complexity index is 373. The average molecular weight is 222 g/mol. The van der Waals surface area contributed by atoms with Gasteiger partial charge in [0, 0.05) is 11.0 Å². The molecule has 1 aromatic rings. The number of aliphatic hydroxyl groups excluding tert-OH is 1. The molecule has 0 heterocycles. The highest BCUT2D eigenvalue weighted by atomic mass is 16.3. The Balaban J connectivity index is 3.30. The Hall–Kier alpha value is -1.02. The molecule has 2 N–H and O–H groups in total. The van der Waals surface area contributed by atoms with E-state index in [0.29, 0.717) is 0 Å². The van der Waals surface area contributed by atoms with Gasteiger partial charge in [-0.3, -0.25) is 0 Å². The third-order valence-corrected chi connectivity index (χ3v) is 2.99. The zero-order valence-corrected chi connectivity index (χ0v) is 10.8. The van der Waals surface area contributed by atoms with Crippen LogP contribution in [0.4, 0.5) is 0 Å². The van der Waals surface area contributed by atoms with Crippen LogP contribution in [-0.4, -0.2) is 16.8 Å². The first kappa shape index (κ1) is 13.0. The predicted octanol–water partition coefficient (Wildman–Crippen LogP) is 2.96. The average Bonchev–Trinajstić information content (AvgIpc) is 2.16. The molecule has 0 saturated carbocycles. The molecule has 0 saturated heterocycles. The van der Waals surface area contributed by atoms with Crippen molar-refractivity contribution in [2.24, 2.45) is 0 Å².